The van der Waals surface area contributed by atoms with E-state index in [4.69, 9.17) is 0 Å². The molecule has 0 saturated heterocycles. The molecule has 22 heavy (non-hydrogen) atoms. The first-order chi connectivity index (χ1) is 10.7. The molecule has 1 aliphatic rings. The van der Waals surface area contributed by atoms with Gasteiger partial charge in [-0.3, -0.25) is 9.59 Å². The van der Waals surface area contributed by atoms with Crippen LogP contribution in [0, 0.1) is 0 Å². The van der Waals surface area contributed by atoms with Gasteiger partial charge in [-0.05, 0) is 24.8 Å². The van der Waals surface area contributed by atoms with E-state index in [2.05, 4.69) is 10.6 Å². The highest BCUT2D eigenvalue weighted by Gasteiger charge is 2.19. The molecule has 4 heteroatoms. The molecule has 1 atom stereocenters. The standard InChI is InChI=1S/C18H26N2O2/c1-2-16(14-8-4-3-5-9-14)18(22)19-13-12-17(21)20-15-10-6-7-11-15/h3-5,8-9,15-16H,2,6-7,10-13H2,1H3,(H,19,22)(H,20,21)/t16-/m0/s1. The number of hydrogen-bond acceptors (Lipinski definition) is 2. The average Bonchev–Trinajstić information content (AvgIpc) is 3.02. The summed E-state index contributed by atoms with van der Waals surface area (Å²) in [4.78, 5) is 24.1. The molecule has 0 spiro atoms. The van der Waals surface area contributed by atoms with E-state index in [0.29, 0.717) is 19.0 Å². The van der Waals surface area contributed by atoms with Crippen LogP contribution in [0.2, 0.25) is 0 Å². The molecular weight excluding hydrogens is 276 g/mol. The number of carbonyl (C=O) groups excluding carboxylic acids is 2. The van der Waals surface area contributed by atoms with Crippen molar-refractivity contribution in [2.24, 2.45) is 0 Å². The molecule has 2 amide bonds. The number of nitrogens with one attached hydrogen (secondary N) is 2. The van der Waals surface area contributed by atoms with Crippen molar-refractivity contribution in [1.82, 2.24) is 10.6 Å². The van der Waals surface area contributed by atoms with Gasteiger partial charge in [0.15, 0.2) is 0 Å². The second kappa shape index (κ2) is 8.57. The number of hydrogen-bond donors (Lipinski definition) is 2. The van der Waals surface area contributed by atoms with Gasteiger partial charge in [0.1, 0.15) is 0 Å². The molecule has 0 unspecified atom stereocenters. The maximum atomic E-state index is 12.3. The summed E-state index contributed by atoms with van der Waals surface area (Å²) in [6, 6.07) is 10.1. The lowest BCUT2D eigenvalue weighted by Gasteiger charge is -2.16. The summed E-state index contributed by atoms with van der Waals surface area (Å²) >= 11 is 0. The van der Waals surface area contributed by atoms with Gasteiger partial charge in [-0.15, -0.1) is 0 Å². The maximum absolute atomic E-state index is 12.3. The van der Waals surface area contributed by atoms with Crippen LogP contribution in [-0.4, -0.2) is 24.4 Å². The summed E-state index contributed by atoms with van der Waals surface area (Å²) in [5.74, 6) is -0.0959. The lowest BCUT2D eigenvalue weighted by molar-refractivity contribution is -0.123. The Morgan fingerprint density at radius 3 is 2.50 bits per heavy atom. The molecule has 120 valence electrons. The van der Waals surface area contributed by atoms with Crippen LogP contribution >= 0.6 is 0 Å². The van der Waals surface area contributed by atoms with Crippen molar-refractivity contribution >= 4 is 11.8 Å². The van der Waals surface area contributed by atoms with Crippen LogP contribution in [0.3, 0.4) is 0 Å². The number of amides is 2. The smallest absolute Gasteiger partial charge is 0.227 e. The van der Waals surface area contributed by atoms with Crippen molar-refractivity contribution in [1.29, 1.82) is 0 Å². The predicted octanol–water partition coefficient (Wildman–Crippen LogP) is 2.75. The quantitative estimate of drug-likeness (QED) is 0.813. The molecule has 2 N–H and O–H groups in total. The lowest BCUT2D eigenvalue weighted by atomic mass is 9.96. The fourth-order valence-corrected chi connectivity index (χ4v) is 3.05. The Morgan fingerprint density at radius 2 is 1.86 bits per heavy atom. The van der Waals surface area contributed by atoms with Crippen molar-refractivity contribution in [2.75, 3.05) is 6.54 Å². The van der Waals surface area contributed by atoms with Gasteiger partial charge in [0, 0.05) is 19.0 Å². The van der Waals surface area contributed by atoms with E-state index in [0.717, 1.165) is 24.8 Å². The van der Waals surface area contributed by atoms with Gasteiger partial charge in [0.2, 0.25) is 11.8 Å². The van der Waals surface area contributed by atoms with Gasteiger partial charge >= 0.3 is 0 Å². The summed E-state index contributed by atoms with van der Waals surface area (Å²) in [7, 11) is 0. The Kier molecular flexibility index (Phi) is 6.44. The third-order valence-electron chi connectivity index (χ3n) is 4.30. The Balaban J connectivity index is 1.73. The van der Waals surface area contributed by atoms with E-state index in [9.17, 15) is 9.59 Å². The highest BCUT2D eigenvalue weighted by molar-refractivity contribution is 5.84. The summed E-state index contributed by atoms with van der Waals surface area (Å²) in [6.07, 6.45) is 5.69. The molecule has 1 aromatic carbocycles. The minimum Gasteiger partial charge on any atom is -0.355 e. The monoisotopic (exact) mass is 302 g/mol. The number of rotatable bonds is 7. The molecule has 0 bridgehead atoms. The second-order valence-corrected chi connectivity index (χ2v) is 5.96. The van der Waals surface area contributed by atoms with Crippen LogP contribution in [0.25, 0.3) is 0 Å². The first-order valence-corrected chi connectivity index (χ1v) is 8.32. The molecule has 0 radical (unpaired) electrons. The van der Waals surface area contributed by atoms with Gasteiger partial charge in [-0.2, -0.15) is 0 Å². The third kappa shape index (κ3) is 4.86. The predicted molar refractivity (Wildman–Crippen MR) is 87.5 cm³/mol. The SMILES string of the molecule is CC[C@H](C(=O)NCCC(=O)NC1CCCC1)c1ccccc1. The van der Waals surface area contributed by atoms with E-state index < -0.39 is 0 Å². The molecular formula is C18H26N2O2. The van der Waals surface area contributed by atoms with Crippen molar-refractivity contribution in [3.8, 4) is 0 Å². The Labute approximate surface area is 132 Å². The van der Waals surface area contributed by atoms with Crippen LogP contribution in [0.5, 0.6) is 0 Å². The molecule has 1 saturated carbocycles. The molecule has 1 aromatic rings. The van der Waals surface area contributed by atoms with Crippen LogP contribution in [0.15, 0.2) is 30.3 Å². The minimum absolute atomic E-state index is 0.00219. The van der Waals surface area contributed by atoms with Crippen molar-refractivity contribution in [3.63, 3.8) is 0 Å². The summed E-state index contributed by atoms with van der Waals surface area (Å²) < 4.78 is 0. The van der Waals surface area contributed by atoms with E-state index >= 15 is 0 Å². The molecule has 1 aliphatic carbocycles. The average molecular weight is 302 g/mol. The van der Waals surface area contributed by atoms with Gasteiger partial charge in [0.05, 0.1) is 5.92 Å². The zero-order chi connectivity index (χ0) is 15.8. The van der Waals surface area contributed by atoms with Crippen molar-refractivity contribution in [3.05, 3.63) is 35.9 Å². The largest absolute Gasteiger partial charge is 0.355 e. The van der Waals surface area contributed by atoms with Gasteiger partial charge in [-0.1, -0.05) is 50.1 Å². The molecule has 4 nitrogen and oxygen atoms in total. The van der Waals surface area contributed by atoms with E-state index in [1.54, 1.807) is 0 Å². The fraction of sp³-hybridized carbons (Fsp3) is 0.556. The molecule has 0 aliphatic heterocycles. The zero-order valence-electron chi connectivity index (χ0n) is 13.3. The highest BCUT2D eigenvalue weighted by atomic mass is 16.2. The van der Waals surface area contributed by atoms with E-state index in [-0.39, 0.29) is 17.7 Å². The third-order valence-corrected chi connectivity index (χ3v) is 4.30. The first-order valence-electron chi connectivity index (χ1n) is 8.32. The first kappa shape index (κ1) is 16.5. The number of carbonyl (C=O) groups is 2. The summed E-state index contributed by atoms with van der Waals surface area (Å²) in [5, 5.41) is 5.93. The van der Waals surface area contributed by atoms with Gasteiger partial charge in [-0.25, -0.2) is 0 Å². The molecule has 0 aromatic heterocycles. The van der Waals surface area contributed by atoms with E-state index in [1.165, 1.54) is 12.8 Å². The summed E-state index contributed by atoms with van der Waals surface area (Å²) in [6.45, 7) is 2.41. The highest BCUT2D eigenvalue weighted by Crippen LogP contribution is 2.19. The van der Waals surface area contributed by atoms with Crippen LogP contribution in [-0.2, 0) is 9.59 Å². The van der Waals surface area contributed by atoms with E-state index in [1.807, 2.05) is 37.3 Å². The van der Waals surface area contributed by atoms with Crippen LogP contribution in [0.1, 0.15) is 56.9 Å². The maximum Gasteiger partial charge on any atom is 0.227 e. The van der Waals surface area contributed by atoms with Crippen molar-refractivity contribution < 1.29 is 9.59 Å². The Hall–Kier alpha value is -1.84. The number of benzene rings is 1. The molecule has 2 rings (SSSR count). The normalized spacial score (nSPS) is 16.2. The van der Waals surface area contributed by atoms with Gasteiger partial charge in [0.25, 0.3) is 0 Å². The minimum atomic E-state index is -0.140. The lowest BCUT2D eigenvalue weighted by Crippen LogP contribution is -2.36. The van der Waals surface area contributed by atoms with Gasteiger partial charge < -0.3 is 10.6 Å². The molecule has 0 heterocycles. The van der Waals surface area contributed by atoms with Crippen LogP contribution in [0.4, 0.5) is 0 Å². The topological polar surface area (TPSA) is 58.2 Å². The summed E-state index contributed by atoms with van der Waals surface area (Å²) in [5.41, 5.74) is 1.03. The Morgan fingerprint density at radius 1 is 1.18 bits per heavy atom. The fourth-order valence-electron chi connectivity index (χ4n) is 3.05. The Bertz CT molecular complexity index is 481. The zero-order valence-corrected chi connectivity index (χ0v) is 13.3. The molecule has 1 fully saturated rings. The van der Waals surface area contributed by atoms with Crippen molar-refractivity contribution in [2.45, 2.75) is 57.4 Å². The van der Waals surface area contributed by atoms with Crippen LogP contribution < -0.4 is 10.6 Å². The second-order valence-electron chi connectivity index (χ2n) is 5.96.